The Balaban J connectivity index is 1.67. The van der Waals surface area contributed by atoms with Crippen LogP contribution >= 0.6 is 34.5 Å². The standard InChI is InChI=1S/C23H18Cl2F6N2O3S2/c1-21(4-5-32-11-21)36-18-9-15(2-3-16(18)24)33-38(34,35)19-10-17(25)20(37-19)12-6-13(22(26,27)28)8-14(7-12)23(29,30)31/h2-3,6-10,32-33H,4-5,11H2,1H3/t21-/m1/s1. The van der Waals surface area contributed by atoms with Gasteiger partial charge in [0.05, 0.1) is 31.7 Å². The van der Waals surface area contributed by atoms with Gasteiger partial charge in [-0.05, 0) is 55.4 Å². The van der Waals surface area contributed by atoms with Crippen molar-refractivity contribution < 1.29 is 39.5 Å². The van der Waals surface area contributed by atoms with Crippen molar-refractivity contribution in [2.24, 2.45) is 0 Å². The molecule has 38 heavy (non-hydrogen) atoms. The highest BCUT2D eigenvalue weighted by Gasteiger charge is 2.37. The second-order valence-electron chi connectivity index (χ2n) is 8.77. The number of alkyl halides is 6. The molecule has 1 saturated heterocycles. The van der Waals surface area contributed by atoms with Gasteiger partial charge in [-0.25, -0.2) is 8.42 Å². The van der Waals surface area contributed by atoms with Gasteiger partial charge in [0.2, 0.25) is 0 Å². The van der Waals surface area contributed by atoms with E-state index in [1.807, 2.05) is 6.92 Å². The quantitative estimate of drug-likeness (QED) is 0.278. The maximum atomic E-state index is 13.3. The molecular weight excluding hydrogens is 601 g/mol. The van der Waals surface area contributed by atoms with E-state index in [2.05, 4.69) is 10.0 Å². The van der Waals surface area contributed by atoms with E-state index in [0.717, 1.165) is 12.6 Å². The zero-order valence-corrected chi connectivity index (χ0v) is 22.4. The molecule has 5 nitrogen and oxygen atoms in total. The van der Waals surface area contributed by atoms with E-state index in [0.29, 0.717) is 36.4 Å². The Hall–Kier alpha value is -2.19. The minimum atomic E-state index is -5.07. The summed E-state index contributed by atoms with van der Waals surface area (Å²) in [6.07, 6.45) is -9.45. The van der Waals surface area contributed by atoms with Crippen LogP contribution in [0.4, 0.5) is 32.0 Å². The van der Waals surface area contributed by atoms with E-state index >= 15 is 0 Å². The Morgan fingerprint density at radius 3 is 2.16 bits per heavy atom. The maximum absolute atomic E-state index is 13.3. The monoisotopic (exact) mass is 618 g/mol. The molecule has 3 aromatic rings. The predicted molar refractivity (Wildman–Crippen MR) is 134 cm³/mol. The van der Waals surface area contributed by atoms with Crippen molar-refractivity contribution in [1.82, 2.24) is 5.32 Å². The second kappa shape index (κ2) is 10.1. The molecule has 4 rings (SSSR count). The molecular formula is C23H18Cl2F6N2O3S2. The third-order valence-electron chi connectivity index (χ3n) is 5.65. The largest absolute Gasteiger partial charge is 0.485 e. The summed E-state index contributed by atoms with van der Waals surface area (Å²) < 4.78 is 114. The molecule has 0 spiro atoms. The van der Waals surface area contributed by atoms with Gasteiger partial charge in [0, 0.05) is 19.0 Å². The fourth-order valence-electron chi connectivity index (χ4n) is 3.76. The average molecular weight is 619 g/mol. The van der Waals surface area contributed by atoms with Crippen LogP contribution in [0.1, 0.15) is 24.5 Å². The smallest absolute Gasteiger partial charge is 0.416 e. The van der Waals surface area contributed by atoms with Crippen molar-refractivity contribution in [2.45, 2.75) is 35.5 Å². The van der Waals surface area contributed by atoms with Crippen LogP contribution < -0.4 is 14.8 Å². The number of thiophene rings is 1. The normalized spacial score (nSPS) is 18.6. The van der Waals surface area contributed by atoms with E-state index in [9.17, 15) is 34.8 Å². The number of anilines is 1. The average Bonchev–Trinajstić information content (AvgIpc) is 3.40. The van der Waals surface area contributed by atoms with Crippen molar-refractivity contribution in [3.05, 3.63) is 63.6 Å². The first-order chi connectivity index (χ1) is 17.5. The van der Waals surface area contributed by atoms with Crippen LogP contribution in [0.2, 0.25) is 10.0 Å². The van der Waals surface area contributed by atoms with Gasteiger partial charge in [-0.3, -0.25) is 4.72 Å². The minimum absolute atomic E-state index is 0.0214. The summed E-state index contributed by atoms with van der Waals surface area (Å²) in [5.41, 5.74) is -4.10. The lowest BCUT2D eigenvalue weighted by Crippen LogP contribution is -2.34. The summed E-state index contributed by atoms with van der Waals surface area (Å²) in [5.74, 6) is 0.228. The van der Waals surface area contributed by atoms with Crippen molar-refractivity contribution in [1.29, 1.82) is 0 Å². The highest BCUT2D eigenvalue weighted by Crippen LogP contribution is 2.44. The van der Waals surface area contributed by atoms with Crippen molar-refractivity contribution >= 4 is 50.2 Å². The molecule has 1 aromatic heterocycles. The number of rotatable bonds is 6. The molecule has 0 unspecified atom stereocenters. The molecule has 0 radical (unpaired) electrons. The summed E-state index contributed by atoms with van der Waals surface area (Å²) in [7, 11) is -4.34. The Labute approximate surface area is 227 Å². The fourth-order valence-corrected chi connectivity index (χ4v) is 6.77. The van der Waals surface area contributed by atoms with Gasteiger partial charge < -0.3 is 10.1 Å². The van der Waals surface area contributed by atoms with Gasteiger partial charge in [0.25, 0.3) is 10.0 Å². The van der Waals surface area contributed by atoms with Crippen molar-refractivity contribution in [3.8, 4) is 16.2 Å². The number of ether oxygens (including phenoxy) is 1. The predicted octanol–water partition coefficient (Wildman–Crippen LogP) is 7.69. The Morgan fingerprint density at radius 2 is 1.61 bits per heavy atom. The molecule has 1 aliphatic heterocycles. The highest BCUT2D eigenvalue weighted by molar-refractivity contribution is 7.94. The zero-order valence-electron chi connectivity index (χ0n) is 19.2. The lowest BCUT2D eigenvalue weighted by molar-refractivity contribution is -0.143. The summed E-state index contributed by atoms with van der Waals surface area (Å²) >= 11 is 12.7. The molecule has 15 heteroatoms. The number of sulfonamides is 1. The van der Waals surface area contributed by atoms with Gasteiger partial charge in [-0.2, -0.15) is 26.3 Å². The number of hydrogen-bond acceptors (Lipinski definition) is 5. The van der Waals surface area contributed by atoms with Crippen molar-refractivity contribution in [3.63, 3.8) is 0 Å². The topological polar surface area (TPSA) is 67.4 Å². The van der Waals surface area contributed by atoms with Crippen LogP contribution in [-0.4, -0.2) is 27.1 Å². The number of halogens is 8. The van der Waals surface area contributed by atoms with E-state index in [4.69, 9.17) is 27.9 Å². The Morgan fingerprint density at radius 1 is 0.974 bits per heavy atom. The van der Waals surface area contributed by atoms with E-state index in [1.54, 1.807) is 0 Å². The van der Waals surface area contributed by atoms with Crippen LogP contribution in [-0.2, 0) is 22.4 Å². The SMILES string of the molecule is C[C@@]1(Oc2cc(NS(=O)(=O)c3cc(Cl)c(-c4cc(C(F)(F)F)cc(C(F)(F)F)c4)s3)ccc2Cl)CCNC1. The Bertz CT molecular complexity index is 1430. The Kier molecular flexibility index (Phi) is 7.65. The molecule has 0 bridgehead atoms. The van der Waals surface area contributed by atoms with Gasteiger partial charge in [-0.1, -0.05) is 23.2 Å². The number of benzene rings is 2. The van der Waals surface area contributed by atoms with Gasteiger partial charge >= 0.3 is 12.4 Å². The van der Waals surface area contributed by atoms with Gasteiger partial charge in [0.15, 0.2) is 0 Å². The zero-order chi connectivity index (χ0) is 28.1. The molecule has 1 aliphatic rings. The molecule has 2 aromatic carbocycles. The number of nitrogens with one attached hydrogen (secondary N) is 2. The van der Waals surface area contributed by atoms with Crippen LogP contribution in [0.15, 0.2) is 46.7 Å². The summed E-state index contributed by atoms with van der Waals surface area (Å²) in [5, 5.41) is 3.07. The first kappa shape index (κ1) is 28.8. The lowest BCUT2D eigenvalue weighted by Gasteiger charge is -2.25. The summed E-state index contributed by atoms with van der Waals surface area (Å²) in [6.45, 7) is 3.16. The highest BCUT2D eigenvalue weighted by atomic mass is 35.5. The molecule has 1 atom stereocenters. The van der Waals surface area contributed by atoms with Crippen LogP contribution in [0.25, 0.3) is 10.4 Å². The second-order valence-corrected chi connectivity index (χ2v) is 12.5. The fraction of sp³-hybridized carbons (Fsp3) is 0.304. The first-order valence-corrected chi connectivity index (χ1v) is 13.8. The van der Waals surface area contributed by atoms with E-state index < -0.39 is 48.9 Å². The van der Waals surface area contributed by atoms with E-state index in [1.165, 1.54) is 18.2 Å². The maximum Gasteiger partial charge on any atom is 0.416 e. The molecule has 206 valence electrons. The third-order valence-corrected chi connectivity index (χ3v) is 9.41. The van der Waals surface area contributed by atoms with Gasteiger partial charge in [-0.15, -0.1) is 11.3 Å². The molecule has 0 amide bonds. The van der Waals surface area contributed by atoms with Crippen molar-refractivity contribution in [2.75, 3.05) is 17.8 Å². The lowest BCUT2D eigenvalue weighted by atomic mass is 10.0. The van der Waals surface area contributed by atoms with E-state index in [-0.39, 0.29) is 32.4 Å². The molecule has 2 N–H and O–H groups in total. The minimum Gasteiger partial charge on any atom is -0.485 e. The van der Waals surface area contributed by atoms with Crippen LogP contribution in [0.5, 0.6) is 5.75 Å². The summed E-state index contributed by atoms with van der Waals surface area (Å²) in [4.78, 5) is -0.273. The first-order valence-electron chi connectivity index (χ1n) is 10.8. The third kappa shape index (κ3) is 6.33. The molecule has 0 saturated carbocycles. The molecule has 1 fully saturated rings. The number of hydrogen-bond donors (Lipinski definition) is 2. The van der Waals surface area contributed by atoms with Gasteiger partial charge in [0.1, 0.15) is 15.6 Å². The molecule has 0 aliphatic carbocycles. The molecule has 2 heterocycles. The summed E-state index contributed by atoms with van der Waals surface area (Å²) in [6, 6.07) is 6.08. The van der Waals surface area contributed by atoms with Crippen LogP contribution in [0.3, 0.4) is 0 Å². The van der Waals surface area contributed by atoms with Crippen LogP contribution in [0, 0.1) is 0 Å².